The number of rotatable bonds is 3. The Labute approximate surface area is 109 Å². The zero-order valence-electron chi connectivity index (χ0n) is 10.5. The van der Waals surface area contributed by atoms with Crippen molar-refractivity contribution >= 4 is 17.8 Å². The van der Waals surface area contributed by atoms with E-state index in [1.807, 2.05) is 0 Å². The molecule has 1 aliphatic heterocycles. The summed E-state index contributed by atoms with van der Waals surface area (Å²) in [4.78, 5) is 36.3. The summed E-state index contributed by atoms with van der Waals surface area (Å²) in [6.07, 6.45) is 0. The Morgan fingerprint density at radius 2 is 1.74 bits per heavy atom. The molecule has 1 aliphatic rings. The van der Waals surface area contributed by atoms with Crippen LogP contribution >= 0.6 is 0 Å². The molecule has 1 atom stereocenters. The molecule has 0 bridgehead atoms. The summed E-state index contributed by atoms with van der Waals surface area (Å²) in [6, 6.07) is 6.35. The second-order valence-corrected chi connectivity index (χ2v) is 4.51. The summed E-state index contributed by atoms with van der Waals surface area (Å²) in [5.41, 5.74) is -1.39. The Balaban J connectivity index is 2.28. The van der Waals surface area contributed by atoms with E-state index in [9.17, 15) is 19.5 Å². The van der Waals surface area contributed by atoms with Gasteiger partial charge < -0.3 is 9.84 Å². The van der Waals surface area contributed by atoms with Crippen LogP contribution in [0.3, 0.4) is 0 Å². The van der Waals surface area contributed by atoms with Crippen LogP contribution in [-0.4, -0.2) is 47.0 Å². The number of fused-ring (bicyclic) bond motifs is 1. The van der Waals surface area contributed by atoms with Crippen molar-refractivity contribution in [2.45, 2.75) is 12.5 Å². The minimum Gasteiger partial charge on any atom is -0.467 e. The van der Waals surface area contributed by atoms with E-state index in [2.05, 4.69) is 4.74 Å². The van der Waals surface area contributed by atoms with Gasteiger partial charge in [0, 0.05) is 0 Å². The molecule has 1 unspecified atom stereocenters. The van der Waals surface area contributed by atoms with Gasteiger partial charge in [0.2, 0.25) is 0 Å². The highest BCUT2D eigenvalue weighted by Crippen LogP contribution is 2.24. The van der Waals surface area contributed by atoms with Crippen LogP contribution < -0.4 is 0 Å². The maximum atomic E-state index is 12.0. The molecule has 1 aromatic rings. The number of β-amino-alcohol motifs (C(OH)–C–C–N with tert-alkyl or cyclic N) is 1. The van der Waals surface area contributed by atoms with E-state index in [-0.39, 0.29) is 11.1 Å². The molecule has 6 nitrogen and oxygen atoms in total. The van der Waals surface area contributed by atoms with Crippen molar-refractivity contribution < 1.29 is 24.2 Å². The van der Waals surface area contributed by atoms with Crippen LogP contribution in [-0.2, 0) is 9.53 Å². The van der Waals surface area contributed by atoms with Gasteiger partial charge in [0.25, 0.3) is 11.8 Å². The van der Waals surface area contributed by atoms with Crippen molar-refractivity contribution in [2.75, 3.05) is 13.7 Å². The maximum absolute atomic E-state index is 12.0. The number of methoxy groups -OCH3 is 1. The first-order valence-corrected chi connectivity index (χ1v) is 5.64. The second-order valence-electron chi connectivity index (χ2n) is 4.51. The van der Waals surface area contributed by atoms with Gasteiger partial charge in [-0.1, -0.05) is 12.1 Å². The number of benzene rings is 1. The van der Waals surface area contributed by atoms with E-state index >= 15 is 0 Å². The normalized spacial score (nSPS) is 17.1. The van der Waals surface area contributed by atoms with E-state index in [0.29, 0.717) is 0 Å². The Hall–Kier alpha value is -2.21. The lowest BCUT2D eigenvalue weighted by atomic mass is 10.1. The molecule has 0 aliphatic carbocycles. The first kappa shape index (κ1) is 13.2. The van der Waals surface area contributed by atoms with Gasteiger partial charge in [-0.2, -0.15) is 0 Å². The zero-order chi connectivity index (χ0) is 14.2. The van der Waals surface area contributed by atoms with Crippen molar-refractivity contribution in [1.29, 1.82) is 0 Å². The smallest absolute Gasteiger partial charge is 0.339 e. The predicted octanol–water partition coefficient (Wildman–Crippen LogP) is 0.207. The fourth-order valence-corrected chi connectivity index (χ4v) is 1.98. The maximum Gasteiger partial charge on any atom is 0.339 e. The summed E-state index contributed by atoms with van der Waals surface area (Å²) >= 11 is 0. The van der Waals surface area contributed by atoms with Crippen molar-refractivity contribution in [3.8, 4) is 0 Å². The molecule has 0 radical (unpaired) electrons. The zero-order valence-corrected chi connectivity index (χ0v) is 10.5. The molecule has 1 aromatic carbocycles. The van der Waals surface area contributed by atoms with E-state index in [1.54, 1.807) is 12.1 Å². The molecule has 0 aromatic heterocycles. The topological polar surface area (TPSA) is 83.9 Å². The lowest BCUT2D eigenvalue weighted by Gasteiger charge is -2.25. The number of ether oxygens (including phenoxy) is 1. The number of imide groups is 1. The highest BCUT2D eigenvalue weighted by Gasteiger charge is 2.42. The molecule has 1 heterocycles. The number of aliphatic hydroxyl groups is 1. The molecule has 19 heavy (non-hydrogen) atoms. The van der Waals surface area contributed by atoms with E-state index in [4.69, 9.17) is 0 Å². The molecule has 6 heteroatoms. The first-order chi connectivity index (χ1) is 8.88. The largest absolute Gasteiger partial charge is 0.467 e. The number of esters is 1. The standard InChI is InChI=1S/C13H13NO5/c1-13(18,12(17)19-2)7-14-10(15)8-5-3-4-6-9(8)11(14)16/h3-6,18H,7H2,1-2H3. The van der Waals surface area contributed by atoms with E-state index in [0.717, 1.165) is 12.0 Å². The number of hydrogen-bond donors (Lipinski definition) is 1. The van der Waals surface area contributed by atoms with Gasteiger partial charge >= 0.3 is 5.97 Å². The summed E-state index contributed by atoms with van der Waals surface area (Å²) in [6.45, 7) is 0.758. The molecular weight excluding hydrogens is 250 g/mol. The van der Waals surface area contributed by atoms with Crippen LogP contribution in [0.15, 0.2) is 24.3 Å². The number of amides is 2. The Morgan fingerprint density at radius 3 is 2.16 bits per heavy atom. The van der Waals surface area contributed by atoms with Crippen molar-refractivity contribution in [3.63, 3.8) is 0 Å². The van der Waals surface area contributed by atoms with Gasteiger partial charge in [-0.3, -0.25) is 14.5 Å². The Bertz CT molecular complexity index is 529. The predicted molar refractivity (Wildman–Crippen MR) is 64.4 cm³/mol. The summed E-state index contributed by atoms with van der Waals surface area (Å²) < 4.78 is 4.43. The van der Waals surface area contributed by atoms with Crippen LogP contribution in [0.5, 0.6) is 0 Å². The van der Waals surface area contributed by atoms with Crippen LogP contribution in [0.4, 0.5) is 0 Å². The van der Waals surface area contributed by atoms with Gasteiger partial charge in [-0.25, -0.2) is 4.79 Å². The van der Waals surface area contributed by atoms with E-state index < -0.39 is 29.9 Å². The number of carbonyl (C=O) groups is 3. The first-order valence-electron chi connectivity index (χ1n) is 5.64. The van der Waals surface area contributed by atoms with Gasteiger partial charge in [0.05, 0.1) is 24.8 Å². The summed E-state index contributed by atoms with van der Waals surface area (Å²) in [5.74, 6) is -1.95. The number of carbonyl (C=O) groups excluding carboxylic acids is 3. The average Bonchev–Trinajstić information content (AvgIpc) is 2.63. The highest BCUT2D eigenvalue weighted by atomic mass is 16.5. The highest BCUT2D eigenvalue weighted by molar-refractivity contribution is 6.21. The average molecular weight is 263 g/mol. The number of hydrogen-bond acceptors (Lipinski definition) is 5. The molecular formula is C13H13NO5. The molecule has 0 fully saturated rings. The third kappa shape index (κ3) is 2.10. The SMILES string of the molecule is COC(=O)C(C)(O)CN1C(=O)c2ccccc2C1=O. The van der Waals surface area contributed by atoms with Crippen LogP contribution in [0.25, 0.3) is 0 Å². The van der Waals surface area contributed by atoms with Gasteiger partial charge in [-0.15, -0.1) is 0 Å². The third-order valence-corrected chi connectivity index (χ3v) is 2.97. The van der Waals surface area contributed by atoms with Gasteiger partial charge in [0.15, 0.2) is 5.60 Å². The lowest BCUT2D eigenvalue weighted by Crippen LogP contribution is -2.49. The Morgan fingerprint density at radius 1 is 1.26 bits per heavy atom. The van der Waals surface area contributed by atoms with Crippen LogP contribution in [0.1, 0.15) is 27.6 Å². The molecule has 100 valence electrons. The number of nitrogens with zero attached hydrogens (tertiary/aromatic N) is 1. The second kappa shape index (κ2) is 4.47. The third-order valence-electron chi connectivity index (χ3n) is 2.97. The lowest BCUT2D eigenvalue weighted by molar-refractivity contribution is -0.161. The van der Waals surface area contributed by atoms with Crippen LogP contribution in [0, 0.1) is 0 Å². The molecule has 0 saturated carbocycles. The molecule has 0 saturated heterocycles. The quantitative estimate of drug-likeness (QED) is 0.622. The minimum atomic E-state index is -1.93. The monoisotopic (exact) mass is 263 g/mol. The fraction of sp³-hybridized carbons (Fsp3) is 0.308. The Kier molecular flexibility index (Phi) is 3.11. The fourth-order valence-electron chi connectivity index (χ4n) is 1.98. The molecule has 1 N–H and O–H groups in total. The molecule has 0 spiro atoms. The summed E-state index contributed by atoms with van der Waals surface area (Å²) in [5, 5.41) is 9.94. The molecule has 2 rings (SSSR count). The summed E-state index contributed by atoms with van der Waals surface area (Å²) in [7, 11) is 1.12. The molecule has 2 amide bonds. The van der Waals surface area contributed by atoms with Crippen molar-refractivity contribution in [3.05, 3.63) is 35.4 Å². The van der Waals surface area contributed by atoms with Gasteiger partial charge in [-0.05, 0) is 19.1 Å². The van der Waals surface area contributed by atoms with Gasteiger partial charge in [0.1, 0.15) is 0 Å². The minimum absolute atomic E-state index is 0.271. The van der Waals surface area contributed by atoms with Crippen molar-refractivity contribution in [1.82, 2.24) is 4.90 Å². The van der Waals surface area contributed by atoms with Crippen molar-refractivity contribution in [2.24, 2.45) is 0 Å². The van der Waals surface area contributed by atoms with Crippen LogP contribution in [0.2, 0.25) is 0 Å². The van der Waals surface area contributed by atoms with E-state index in [1.165, 1.54) is 19.1 Å².